The number of aryl methyl sites for hydroxylation is 1. The van der Waals surface area contributed by atoms with Gasteiger partial charge in [0, 0.05) is 43.6 Å². The van der Waals surface area contributed by atoms with E-state index < -0.39 is 41.1 Å². The van der Waals surface area contributed by atoms with Gasteiger partial charge in [0.25, 0.3) is 5.91 Å². The number of carbonyl (C=O) groups excluding carboxylic acids is 5. The molecule has 1 saturated heterocycles. The van der Waals surface area contributed by atoms with E-state index in [4.69, 9.17) is 14.5 Å². The van der Waals surface area contributed by atoms with Gasteiger partial charge >= 0.3 is 5.97 Å². The summed E-state index contributed by atoms with van der Waals surface area (Å²) in [6.45, 7) is 19.9. The Kier molecular flexibility index (Phi) is 17.9. The van der Waals surface area contributed by atoms with Gasteiger partial charge in [0.05, 0.1) is 38.4 Å². The predicted molar refractivity (Wildman–Crippen MR) is 339 cm³/mol. The van der Waals surface area contributed by atoms with Crippen molar-refractivity contribution >= 4 is 73.4 Å². The van der Waals surface area contributed by atoms with Gasteiger partial charge < -0.3 is 35.0 Å². The molecule has 0 radical (unpaired) electrons. The number of hydrogen-bond donors (Lipinski definition) is 4. The molecule has 5 atom stereocenters. The molecule has 2 aliphatic rings. The van der Waals surface area contributed by atoms with Crippen LogP contribution in [-0.4, -0.2) is 91.4 Å². The molecule has 10 rings (SSSR count). The number of hydrogen-bond acceptors (Lipinski definition) is 14. The highest BCUT2D eigenvalue weighted by molar-refractivity contribution is 7.22. The topological polar surface area (TPSA) is 205 Å². The molecule has 0 bridgehead atoms. The van der Waals surface area contributed by atoms with Crippen molar-refractivity contribution in [3.8, 4) is 33.1 Å². The monoisotopic (exact) mass is 1190 g/mol. The van der Waals surface area contributed by atoms with E-state index in [0.29, 0.717) is 59.5 Å². The number of aromatic nitrogens is 3. The summed E-state index contributed by atoms with van der Waals surface area (Å²) >= 11 is 3.00. The minimum atomic E-state index is -0.948. The van der Waals surface area contributed by atoms with Crippen LogP contribution in [0.15, 0.2) is 127 Å². The number of esters is 1. The number of para-hydroxylation sites is 1. The number of β-amino-alcohol motifs (C(OH)–C–C–N with tert-alkyl or cyclic N) is 1. The molecule has 86 heavy (non-hydrogen) atoms. The lowest BCUT2D eigenvalue weighted by Gasteiger charge is -2.35. The number of aliphatic hydroxyl groups is 1. The molecule has 5 heterocycles. The molecular formula is C68H74N8O8S2. The number of ether oxygens (including phenoxy) is 2. The third-order valence-corrected chi connectivity index (χ3v) is 17.9. The quantitative estimate of drug-likeness (QED) is 0.0629. The number of nitrogens with zero attached hydrogens (tertiary/aromatic N) is 5. The standard InChI is InChI=1S/C68H74N8O8S2/c1-39(21-32-58(78)73-61(67(5,6)7)64(81)76-36-47(77)35-54(76)63(80)70-41(3)44-22-24-46(25-23-44)60-42(4)69-38-85-60)43-26-28-48(29-27-43)83-55-19-14-16-49(40(55)2)50-30-31-57(72-59(50)65(82)84-68(8,9)10)75-34-33-45-15-13-17-51(52(45)37-75)62(79)74-66-71-53-18-11-12-20-56(53)86-66/h11-20,22-31,38-39,41,47,54,61,77H,21,32-37H2,1-10H3,(H,70,80)(H,73,78)(H,71,74,79)/t39-,41-,47+,54-,61+/m0/s1. The first-order valence-corrected chi connectivity index (χ1v) is 30.9. The summed E-state index contributed by atoms with van der Waals surface area (Å²) in [6, 6.07) is 36.5. The number of fused-ring (bicyclic) bond motifs is 2. The summed E-state index contributed by atoms with van der Waals surface area (Å²) in [6.07, 6.45) is 0.515. The number of likely N-dealkylation sites (tertiary alicyclic amines) is 1. The number of amides is 4. The zero-order valence-corrected chi connectivity index (χ0v) is 52.0. The Morgan fingerprint density at radius 2 is 1.53 bits per heavy atom. The Hall–Kier alpha value is -8.32. The van der Waals surface area contributed by atoms with Crippen LogP contribution in [0.25, 0.3) is 31.8 Å². The molecule has 5 aromatic carbocycles. The average molecular weight is 1200 g/mol. The first-order valence-electron chi connectivity index (χ1n) is 29.2. The van der Waals surface area contributed by atoms with E-state index in [0.717, 1.165) is 59.7 Å². The first kappa shape index (κ1) is 60.8. The van der Waals surface area contributed by atoms with Crippen LogP contribution >= 0.6 is 22.7 Å². The van der Waals surface area contributed by atoms with E-state index in [1.807, 2.05) is 196 Å². The SMILES string of the molecule is Cc1ncsc1-c1ccc([C@H](C)NC(=O)[C@@H]2C[C@@H](O)CN2C(=O)[C@@H](NC(=O)CC[C@H](C)c2ccc(Oc3cccc(-c4ccc(N5CCc6cccc(C(=O)Nc7nc8ccccc8s7)c6C5)nc4C(=O)OC(C)(C)C)c3C)cc2)C(C)(C)C)cc1. The molecule has 16 nitrogen and oxygen atoms in total. The average Bonchev–Trinajstić information content (AvgIpc) is 4.10. The fraction of sp³-hybridized carbons (Fsp3) is 0.353. The molecule has 0 unspecified atom stereocenters. The Balaban J connectivity index is 0.774. The van der Waals surface area contributed by atoms with Crippen molar-refractivity contribution in [3.63, 3.8) is 0 Å². The van der Waals surface area contributed by atoms with Crippen LogP contribution in [0.5, 0.6) is 11.5 Å². The van der Waals surface area contributed by atoms with Gasteiger partial charge in [-0.2, -0.15) is 0 Å². The van der Waals surface area contributed by atoms with Crippen molar-refractivity contribution < 1.29 is 38.6 Å². The van der Waals surface area contributed by atoms with Crippen molar-refractivity contribution in [2.75, 3.05) is 23.3 Å². The zero-order valence-electron chi connectivity index (χ0n) is 50.3. The van der Waals surface area contributed by atoms with Gasteiger partial charge in [0.15, 0.2) is 10.8 Å². The molecular weight excluding hydrogens is 1120 g/mol. The molecule has 8 aromatic rings. The van der Waals surface area contributed by atoms with E-state index in [1.165, 1.54) is 16.2 Å². The molecule has 18 heteroatoms. The van der Waals surface area contributed by atoms with E-state index in [2.05, 4.69) is 30.8 Å². The highest BCUT2D eigenvalue weighted by Gasteiger charge is 2.45. The molecule has 0 aliphatic carbocycles. The fourth-order valence-corrected chi connectivity index (χ4v) is 12.8. The molecule has 2 aliphatic heterocycles. The number of benzene rings is 5. The third kappa shape index (κ3) is 13.8. The highest BCUT2D eigenvalue weighted by Crippen LogP contribution is 2.38. The number of carbonyl (C=O) groups is 5. The molecule has 3 aromatic heterocycles. The van der Waals surface area contributed by atoms with E-state index in [1.54, 1.807) is 11.3 Å². The smallest absolute Gasteiger partial charge is 0.358 e. The third-order valence-electron chi connectivity index (χ3n) is 15.9. The second kappa shape index (κ2) is 25.3. The Morgan fingerprint density at radius 3 is 2.24 bits per heavy atom. The van der Waals surface area contributed by atoms with Gasteiger partial charge in [0.2, 0.25) is 17.7 Å². The van der Waals surface area contributed by atoms with E-state index >= 15 is 0 Å². The van der Waals surface area contributed by atoms with Gasteiger partial charge in [-0.15, -0.1) is 11.3 Å². The van der Waals surface area contributed by atoms with Crippen LogP contribution < -0.4 is 25.6 Å². The van der Waals surface area contributed by atoms with Crippen LogP contribution in [0.4, 0.5) is 10.9 Å². The minimum absolute atomic E-state index is 0.0193. The number of pyridine rings is 1. The number of rotatable bonds is 17. The number of nitrogens with one attached hydrogen (secondary N) is 3. The zero-order chi connectivity index (χ0) is 61.2. The summed E-state index contributed by atoms with van der Waals surface area (Å²) in [5.41, 5.74) is 9.83. The molecule has 0 spiro atoms. The lowest BCUT2D eigenvalue weighted by molar-refractivity contribution is -0.144. The van der Waals surface area contributed by atoms with Crippen molar-refractivity contribution in [1.29, 1.82) is 0 Å². The van der Waals surface area contributed by atoms with Crippen molar-refractivity contribution in [2.24, 2.45) is 5.41 Å². The lowest BCUT2D eigenvalue weighted by Crippen LogP contribution is -2.57. The van der Waals surface area contributed by atoms with Gasteiger partial charge in [-0.05, 0) is 153 Å². The molecule has 4 N–H and O–H groups in total. The minimum Gasteiger partial charge on any atom is -0.457 e. The van der Waals surface area contributed by atoms with Crippen molar-refractivity contribution in [2.45, 2.75) is 137 Å². The predicted octanol–water partition coefficient (Wildman–Crippen LogP) is 12.9. The summed E-state index contributed by atoms with van der Waals surface area (Å²) in [5, 5.41) is 20.4. The highest BCUT2D eigenvalue weighted by atomic mass is 32.1. The normalized spacial score (nSPS) is 16.2. The molecule has 0 saturated carbocycles. The Labute approximate surface area is 510 Å². The number of anilines is 2. The lowest BCUT2D eigenvalue weighted by atomic mass is 9.85. The molecule has 1 fully saturated rings. The van der Waals surface area contributed by atoms with Crippen LogP contribution in [0.3, 0.4) is 0 Å². The Morgan fingerprint density at radius 1 is 0.802 bits per heavy atom. The van der Waals surface area contributed by atoms with Crippen LogP contribution in [-0.2, 0) is 32.1 Å². The van der Waals surface area contributed by atoms with Crippen LogP contribution in [0.2, 0.25) is 0 Å². The van der Waals surface area contributed by atoms with Gasteiger partial charge in [0.1, 0.15) is 35.0 Å². The molecule has 446 valence electrons. The van der Waals surface area contributed by atoms with Gasteiger partial charge in [-0.3, -0.25) is 24.5 Å². The Bertz CT molecular complexity index is 3790. The largest absolute Gasteiger partial charge is 0.457 e. The maximum atomic E-state index is 14.4. The van der Waals surface area contributed by atoms with E-state index in [9.17, 15) is 29.1 Å². The van der Waals surface area contributed by atoms with Crippen LogP contribution in [0.1, 0.15) is 141 Å². The number of aliphatic hydroxyl groups excluding tert-OH is 1. The second-order valence-electron chi connectivity index (χ2n) is 24.5. The first-order chi connectivity index (χ1) is 41.0. The van der Waals surface area contributed by atoms with Crippen molar-refractivity contribution in [3.05, 3.63) is 172 Å². The number of thiazole rings is 2. The summed E-state index contributed by atoms with van der Waals surface area (Å²) in [5.74, 6) is -0.154. The van der Waals surface area contributed by atoms with E-state index in [-0.39, 0.29) is 54.8 Å². The fourth-order valence-electron chi connectivity index (χ4n) is 11.2. The summed E-state index contributed by atoms with van der Waals surface area (Å²) in [7, 11) is 0. The van der Waals surface area contributed by atoms with Crippen LogP contribution in [0, 0.1) is 19.3 Å². The molecule has 4 amide bonds. The summed E-state index contributed by atoms with van der Waals surface area (Å²) < 4.78 is 13.5. The second-order valence-corrected chi connectivity index (χ2v) is 26.4. The van der Waals surface area contributed by atoms with Crippen molar-refractivity contribution in [1.82, 2.24) is 30.5 Å². The maximum Gasteiger partial charge on any atom is 0.358 e. The van der Waals surface area contributed by atoms with Gasteiger partial charge in [-0.25, -0.2) is 19.7 Å². The summed E-state index contributed by atoms with van der Waals surface area (Å²) in [4.78, 5) is 88.6. The maximum absolute atomic E-state index is 14.4. The van der Waals surface area contributed by atoms with Gasteiger partial charge in [-0.1, -0.05) is 112 Å².